The fraction of sp³-hybridized carbons (Fsp3) is 0.393. The van der Waals surface area contributed by atoms with Crippen LogP contribution in [0.3, 0.4) is 0 Å². The number of allylic oxidation sites excluding steroid dienone is 7. The molecular formula is C28H42F3N5S. The van der Waals surface area contributed by atoms with Gasteiger partial charge in [-0.3, -0.25) is 15.0 Å². The molecule has 0 aliphatic rings. The lowest BCUT2D eigenvalue weighted by molar-refractivity contribution is -0.0922. The van der Waals surface area contributed by atoms with Gasteiger partial charge in [-0.2, -0.15) is 13.2 Å². The Bertz CT molecular complexity index is 974. The second kappa shape index (κ2) is 21.1. The third-order valence-corrected chi connectivity index (χ3v) is 5.33. The van der Waals surface area contributed by atoms with Crippen LogP contribution < -0.4 is 10.6 Å². The molecule has 37 heavy (non-hydrogen) atoms. The highest BCUT2D eigenvalue weighted by atomic mass is 32.2. The van der Waals surface area contributed by atoms with Crippen LogP contribution in [0.1, 0.15) is 40.3 Å². The molecule has 5 nitrogen and oxygen atoms in total. The van der Waals surface area contributed by atoms with Gasteiger partial charge in [-0.1, -0.05) is 25.7 Å². The highest BCUT2D eigenvalue weighted by Gasteiger charge is 2.33. The highest BCUT2D eigenvalue weighted by Crippen LogP contribution is 2.27. The van der Waals surface area contributed by atoms with Gasteiger partial charge < -0.3 is 10.6 Å². The zero-order chi connectivity index (χ0) is 28.9. The van der Waals surface area contributed by atoms with Gasteiger partial charge in [-0.15, -0.1) is 11.8 Å². The average Bonchev–Trinajstić information content (AvgIpc) is 2.84. The predicted molar refractivity (Wildman–Crippen MR) is 157 cm³/mol. The number of aryl methyl sites for hydroxylation is 1. The molecule has 0 aliphatic carbocycles. The van der Waals surface area contributed by atoms with Gasteiger partial charge in [0.05, 0.1) is 5.69 Å². The van der Waals surface area contributed by atoms with Gasteiger partial charge in [-0.25, -0.2) is 0 Å². The summed E-state index contributed by atoms with van der Waals surface area (Å²) >= 11 is 1.84. The molecule has 0 unspecified atom stereocenters. The minimum Gasteiger partial charge on any atom is -0.388 e. The molecule has 0 aliphatic heterocycles. The van der Waals surface area contributed by atoms with Crippen molar-refractivity contribution in [3.8, 4) is 0 Å². The Labute approximate surface area is 225 Å². The van der Waals surface area contributed by atoms with Crippen molar-refractivity contribution in [1.29, 1.82) is 0 Å². The second-order valence-corrected chi connectivity index (χ2v) is 8.66. The summed E-state index contributed by atoms with van der Waals surface area (Å²) in [7, 11) is 3.06. The Kier molecular flexibility index (Phi) is 20.5. The number of rotatable bonds is 10. The van der Waals surface area contributed by atoms with Crippen LogP contribution in [-0.2, 0) is 0 Å². The number of halogens is 3. The van der Waals surface area contributed by atoms with E-state index >= 15 is 0 Å². The van der Waals surface area contributed by atoms with Gasteiger partial charge in [0.1, 0.15) is 5.70 Å². The van der Waals surface area contributed by atoms with Gasteiger partial charge in [0.2, 0.25) is 0 Å². The topological polar surface area (TPSA) is 61.7 Å². The molecule has 0 atom stereocenters. The Morgan fingerprint density at radius 1 is 1.24 bits per heavy atom. The molecule has 0 bridgehead atoms. The Morgan fingerprint density at radius 3 is 2.30 bits per heavy atom. The third kappa shape index (κ3) is 17.1. The molecule has 1 aromatic rings. The standard InChI is InChI=1S/C10H14F3N3.C10H17N.C8H11NS/c1-7(6-14-2)8(15-3)5-9(16-4)10(11,12)13;1-5-7-8-10(9(3)4)11-6-2;1-3-10-8-5-4-6-9-7(8)2/h5-6,15H,4H2,1-3H3;5,7-8,11H,3,6H2,1-2,4H3;4-6H,3H2,1-2H3/b8-7-,9-5-,14-6?;7-5-,10-8+;. The van der Waals surface area contributed by atoms with Gasteiger partial charge >= 0.3 is 6.18 Å². The number of aliphatic imine (C=N–C) groups is 2. The lowest BCUT2D eigenvalue weighted by Crippen LogP contribution is -2.14. The summed E-state index contributed by atoms with van der Waals surface area (Å²) in [4.78, 5) is 12.2. The number of pyridine rings is 1. The summed E-state index contributed by atoms with van der Waals surface area (Å²) in [5, 5.41) is 5.87. The molecule has 0 saturated carbocycles. The summed E-state index contributed by atoms with van der Waals surface area (Å²) in [5.74, 6) is 1.12. The Balaban J connectivity index is 0. The first-order valence-corrected chi connectivity index (χ1v) is 12.7. The van der Waals surface area contributed by atoms with E-state index in [2.05, 4.69) is 58.8 Å². The van der Waals surface area contributed by atoms with Crippen LogP contribution in [0.15, 0.2) is 92.3 Å². The molecule has 0 radical (unpaired) electrons. The van der Waals surface area contributed by atoms with Crippen LogP contribution in [0.4, 0.5) is 13.2 Å². The molecule has 0 aromatic carbocycles. The highest BCUT2D eigenvalue weighted by molar-refractivity contribution is 7.99. The van der Waals surface area contributed by atoms with Crippen LogP contribution in [-0.4, -0.2) is 50.5 Å². The van der Waals surface area contributed by atoms with E-state index in [1.807, 2.05) is 63.0 Å². The van der Waals surface area contributed by atoms with Crippen molar-refractivity contribution in [1.82, 2.24) is 15.6 Å². The molecule has 0 saturated heterocycles. The van der Waals surface area contributed by atoms with E-state index in [1.165, 1.54) is 25.2 Å². The number of nitrogens with zero attached hydrogens (tertiary/aromatic N) is 3. The van der Waals surface area contributed by atoms with Gasteiger partial charge in [0.15, 0.2) is 0 Å². The monoisotopic (exact) mass is 537 g/mol. The van der Waals surface area contributed by atoms with Crippen molar-refractivity contribution < 1.29 is 13.2 Å². The molecule has 9 heteroatoms. The van der Waals surface area contributed by atoms with Crippen molar-refractivity contribution in [3.63, 3.8) is 0 Å². The van der Waals surface area contributed by atoms with Crippen LogP contribution >= 0.6 is 11.8 Å². The number of aromatic nitrogens is 1. The minimum atomic E-state index is -4.51. The van der Waals surface area contributed by atoms with Gasteiger partial charge in [0, 0.05) is 49.3 Å². The second-order valence-electron chi connectivity index (χ2n) is 7.36. The summed E-state index contributed by atoms with van der Waals surface area (Å²) in [6.07, 6.45) is 5.71. The molecule has 1 rings (SSSR count). The Morgan fingerprint density at radius 2 is 1.89 bits per heavy atom. The van der Waals surface area contributed by atoms with Crippen molar-refractivity contribution >= 4 is 24.7 Å². The lowest BCUT2D eigenvalue weighted by Gasteiger charge is -2.09. The van der Waals surface area contributed by atoms with E-state index in [0.29, 0.717) is 11.3 Å². The number of thioether (sulfide) groups is 1. The molecule has 0 amide bonds. The van der Waals surface area contributed by atoms with Gasteiger partial charge in [0.25, 0.3) is 0 Å². The summed E-state index contributed by atoms with van der Waals surface area (Å²) in [5.41, 5.74) is 3.16. The van der Waals surface area contributed by atoms with Crippen molar-refractivity contribution in [2.45, 2.75) is 52.6 Å². The fourth-order valence-corrected chi connectivity index (χ4v) is 3.26. The smallest absolute Gasteiger partial charge is 0.388 e. The molecule has 0 fully saturated rings. The molecule has 0 spiro atoms. The maximum Gasteiger partial charge on any atom is 0.433 e. The maximum absolute atomic E-state index is 12.4. The van der Waals surface area contributed by atoms with Crippen LogP contribution in [0.25, 0.3) is 0 Å². The number of hydrogen-bond donors (Lipinski definition) is 2. The van der Waals surface area contributed by atoms with Crippen molar-refractivity contribution in [2.24, 2.45) is 9.98 Å². The lowest BCUT2D eigenvalue weighted by atomic mass is 10.2. The van der Waals surface area contributed by atoms with Crippen LogP contribution in [0.2, 0.25) is 0 Å². The number of nitrogens with one attached hydrogen (secondary N) is 2. The summed E-state index contributed by atoms with van der Waals surface area (Å²) in [6, 6.07) is 4.08. The summed E-state index contributed by atoms with van der Waals surface area (Å²) < 4.78 is 37.1. The molecule has 206 valence electrons. The number of likely N-dealkylation sites (N-methyl/N-ethyl adjacent to an activating group) is 2. The molecule has 2 N–H and O–H groups in total. The van der Waals surface area contributed by atoms with Gasteiger partial charge in [-0.05, 0) is 82.5 Å². The molecule has 1 heterocycles. The third-order valence-electron chi connectivity index (χ3n) is 4.30. The van der Waals surface area contributed by atoms with Crippen molar-refractivity contribution in [3.05, 3.63) is 83.1 Å². The van der Waals surface area contributed by atoms with Crippen molar-refractivity contribution in [2.75, 3.05) is 26.4 Å². The van der Waals surface area contributed by atoms with Crippen LogP contribution in [0, 0.1) is 6.92 Å². The molecule has 1 aromatic heterocycles. The van der Waals surface area contributed by atoms with Crippen LogP contribution in [0.5, 0.6) is 0 Å². The van der Waals surface area contributed by atoms with E-state index in [0.717, 1.165) is 35.3 Å². The SMILES string of the molecule is C=C(C)/C(=C\C=C/C)NCC.C=N/C(=C\C(NC)=C(/C)C=NC)C(F)(F)F.CCSc1cccnc1C. The maximum atomic E-state index is 12.4. The average molecular weight is 538 g/mol. The normalized spacial score (nSPS) is 12.7. The van der Waals surface area contributed by atoms with E-state index < -0.39 is 11.9 Å². The first-order valence-electron chi connectivity index (χ1n) is 11.8. The van der Waals surface area contributed by atoms with E-state index in [9.17, 15) is 13.2 Å². The summed E-state index contributed by atoms with van der Waals surface area (Å²) in [6.45, 7) is 19.6. The zero-order valence-corrected chi connectivity index (χ0v) is 24.1. The number of alkyl halides is 3. The largest absolute Gasteiger partial charge is 0.433 e. The minimum absolute atomic E-state index is 0.297. The fourth-order valence-electron chi connectivity index (χ4n) is 2.51. The van der Waals surface area contributed by atoms with E-state index in [4.69, 9.17) is 0 Å². The van der Waals surface area contributed by atoms with E-state index in [-0.39, 0.29) is 0 Å². The first kappa shape index (κ1) is 36.1. The quantitative estimate of drug-likeness (QED) is 0.185. The molecular weight excluding hydrogens is 495 g/mol. The first-order chi connectivity index (χ1) is 17.4. The zero-order valence-electron chi connectivity index (χ0n) is 23.3. The Hall–Kier alpha value is -3.07. The predicted octanol–water partition coefficient (Wildman–Crippen LogP) is 7.46. The van der Waals surface area contributed by atoms with E-state index in [1.54, 1.807) is 6.92 Å². The number of hydrogen-bond acceptors (Lipinski definition) is 6.